The van der Waals surface area contributed by atoms with Gasteiger partial charge >= 0.3 is 5.97 Å². The fraction of sp³-hybridized carbons (Fsp3) is 0.167. The van der Waals surface area contributed by atoms with Crippen LogP contribution in [0.5, 0.6) is 11.5 Å². The summed E-state index contributed by atoms with van der Waals surface area (Å²) in [6.45, 7) is 0.758. The molecular weight excluding hydrogens is 354 g/mol. The Labute approximate surface area is 156 Å². The minimum atomic E-state index is -0.380. The van der Waals surface area contributed by atoms with Gasteiger partial charge in [-0.05, 0) is 66.3 Å². The molecule has 0 atom stereocenters. The molecule has 0 unspecified atom stereocenters. The van der Waals surface area contributed by atoms with Crippen LogP contribution >= 0.6 is 12.2 Å². The molecule has 0 radical (unpaired) electrons. The maximum Gasteiger partial charge on any atom is 0.337 e. The van der Waals surface area contributed by atoms with Gasteiger partial charge in [-0.3, -0.25) is 5.43 Å². The van der Waals surface area contributed by atoms with Crippen LogP contribution in [0.1, 0.15) is 15.9 Å². The Balaban J connectivity index is 1.73. The molecule has 0 aliphatic carbocycles. The lowest BCUT2D eigenvalue weighted by Gasteiger charge is -2.09. The van der Waals surface area contributed by atoms with E-state index in [-0.39, 0.29) is 11.1 Å². The van der Waals surface area contributed by atoms with Crippen molar-refractivity contribution < 1.29 is 19.0 Å². The molecule has 0 saturated carbocycles. The second-order valence-corrected chi connectivity index (χ2v) is 5.46. The Morgan fingerprint density at radius 1 is 1.08 bits per heavy atom. The van der Waals surface area contributed by atoms with Crippen molar-refractivity contribution in [3.05, 3.63) is 59.7 Å². The van der Waals surface area contributed by atoms with Crippen molar-refractivity contribution in [3.8, 4) is 11.5 Å². The SMILES string of the molecule is COC(=O)c1ccc(OCCOc2ccc(C=NNC(N)=S)cc2)cc1. The predicted octanol–water partition coefficient (Wildman–Crippen LogP) is 2.10. The van der Waals surface area contributed by atoms with Gasteiger partial charge in [-0.2, -0.15) is 5.10 Å². The van der Waals surface area contributed by atoms with Crippen molar-refractivity contribution in [3.63, 3.8) is 0 Å². The number of hydrazone groups is 1. The summed E-state index contributed by atoms with van der Waals surface area (Å²) < 4.78 is 15.8. The fourth-order valence-electron chi connectivity index (χ4n) is 1.94. The van der Waals surface area contributed by atoms with Gasteiger partial charge in [0.1, 0.15) is 24.7 Å². The first-order valence-corrected chi connectivity index (χ1v) is 8.12. The molecule has 2 rings (SSSR count). The number of nitrogens with zero attached hydrogens (tertiary/aromatic N) is 1. The molecule has 26 heavy (non-hydrogen) atoms. The summed E-state index contributed by atoms with van der Waals surface area (Å²) in [6, 6.07) is 14.1. The number of esters is 1. The summed E-state index contributed by atoms with van der Waals surface area (Å²) in [7, 11) is 1.34. The highest BCUT2D eigenvalue weighted by molar-refractivity contribution is 7.80. The largest absolute Gasteiger partial charge is 0.490 e. The number of carbonyl (C=O) groups excluding carboxylic acids is 1. The van der Waals surface area contributed by atoms with Crippen LogP contribution in [0.15, 0.2) is 53.6 Å². The first-order valence-electron chi connectivity index (χ1n) is 7.71. The van der Waals surface area contributed by atoms with Crippen molar-refractivity contribution >= 4 is 29.5 Å². The molecule has 0 saturated heterocycles. The normalized spacial score (nSPS) is 10.3. The molecule has 0 heterocycles. The van der Waals surface area contributed by atoms with Gasteiger partial charge in [-0.1, -0.05) is 0 Å². The third-order valence-electron chi connectivity index (χ3n) is 3.16. The van der Waals surface area contributed by atoms with Crippen LogP contribution in [-0.4, -0.2) is 37.6 Å². The highest BCUT2D eigenvalue weighted by Gasteiger charge is 2.04. The van der Waals surface area contributed by atoms with E-state index in [9.17, 15) is 4.79 Å². The summed E-state index contributed by atoms with van der Waals surface area (Å²) in [5.41, 5.74) is 9.11. The molecule has 136 valence electrons. The van der Waals surface area contributed by atoms with Crippen LogP contribution in [0.3, 0.4) is 0 Å². The fourth-order valence-corrected chi connectivity index (χ4v) is 2.00. The first kappa shape index (κ1) is 19.2. The summed E-state index contributed by atoms with van der Waals surface area (Å²) in [4.78, 5) is 11.3. The van der Waals surface area contributed by atoms with Crippen molar-refractivity contribution in [2.75, 3.05) is 20.3 Å². The number of hydrogen-bond donors (Lipinski definition) is 2. The van der Waals surface area contributed by atoms with Gasteiger partial charge in [0.25, 0.3) is 0 Å². The zero-order valence-corrected chi connectivity index (χ0v) is 15.0. The average Bonchev–Trinajstić information content (AvgIpc) is 2.66. The van der Waals surface area contributed by atoms with E-state index >= 15 is 0 Å². The quantitative estimate of drug-likeness (QED) is 0.240. The topological polar surface area (TPSA) is 95.2 Å². The van der Waals surface area contributed by atoms with Gasteiger partial charge in [0.15, 0.2) is 5.11 Å². The van der Waals surface area contributed by atoms with E-state index in [4.69, 9.17) is 15.2 Å². The third-order valence-corrected chi connectivity index (χ3v) is 3.26. The van der Waals surface area contributed by atoms with Crippen LogP contribution in [0.2, 0.25) is 0 Å². The van der Waals surface area contributed by atoms with Crippen LogP contribution in [-0.2, 0) is 4.74 Å². The summed E-state index contributed by atoms with van der Waals surface area (Å²) in [5.74, 6) is 0.988. The number of ether oxygens (including phenoxy) is 3. The lowest BCUT2D eigenvalue weighted by Crippen LogP contribution is -2.23. The highest BCUT2D eigenvalue weighted by Crippen LogP contribution is 2.14. The maximum atomic E-state index is 11.3. The van der Waals surface area contributed by atoms with Gasteiger partial charge in [-0.15, -0.1) is 0 Å². The standard InChI is InChI=1S/C18H19N3O4S/c1-23-17(22)14-4-8-16(9-5-14)25-11-10-24-15-6-2-13(3-7-15)12-20-21-18(19)26/h2-9,12H,10-11H2,1H3,(H3,19,21,26). The van der Waals surface area contributed by atoms with Crippen LogP contribution in [0, 0.1) is 0 Å². The van der Waals surface area contributed by atoms with Crippen molar-refractivity contribution in [1.82, 2.24) is 5.43 Å². The molecule has 0 bridgehead atoms. The predicted molar refractivity (Wildman–Crippen MR) is 103 cm³/mol. The molecule has 0 aliphatic heterocycles. The molecule has 8 heteroatoms. The molecule has 0 aromatic heterocycles. The molecule has 0 fully saturated rings. The Kier molecular flexibility index (Phi) is 7.38. The number of benzene rings is 2. The van der Waals surface area contributed by atoms with Crippen LogP contribution in [0.25, 0.3) is 0 Å². The summed E-state index contributed by atoms with van der Waals surface area (Å²) >= 11 is 4.65. The lowest BCUT2D eigenvalue weighted by atomic mass is 10.2. The van der Waals surface area contributed by atoms with Gasteiger partial charge < -0.3 is 19.9 Å². The van der Waals surface area contributed by atoms with Crippen molar-refractivity contribution in [1.29, 1.82) is 0 Å². The minimum Gasteiger partial charge on any atom is -0.490 e. The van der Waals surface area contributed by atoms with E-state index in [0.29, 0.717) is 30.3 Å². The van der Waals surface area contributed by atoms with E-state index in [1.807, 2.05) is 24.3 Å². The molecule has 2 aromatic carbocycles. The summed E-state index contributed by atoms with van der Waals surface area (Å²) in [6.07, 6.45) is 1.60. The van der Waals surface area contributed by atoms with E-state index in [1.165, 1.54) is 7.11 Å². The molecule has 7 nitrogen and oxygen atoms in total. The maximum absolute atomic E-state index is 11.3. The molecule has 3 N–H and O–H groups in total. The number of hydrogen-bond acceptors (Lipinski definition) is 6. The smallest absolute Gasteiger partial charge is 0.337 e. The zero-order chi connectivity index (χ0) is 18.8. The number of thiocarbonyl (C=S) groups is 1. The number of nitrogens with one attached hydrogen (secondary N) is 1. The van der Waals surface area contributed by atoms with E-state index in [2.05, 4.69) is 27.5 Å². The van der Waals surface area contributed by atoms with Crippen molar-refractivity contribution in [2.24, 2.45) is 10.8 Å². The van der Waals surface area contributed by atoms with Gasteiger partial charge in [0.2, 0.25) is 0 Å². The Hall–Kier alpha value is -3.13. The molecule has 2 aromatic rings. The zero-order valence-electron chi connectivity index (χ0n) is 14.2. The first-order chi connectivity index (χ1) is 12.6. The minimum absolute atomic E-state index is 0.112. The third kappa shape index (κ3) is 6.40. The van der Waals surface area contributed by atoms with Gasteiger partial charge in [0.05, 0.1) is 18.9 Å². The number of rotatable bonds is 8. The molecular formula is C18H19N3O4S. The number of methoxy groups -OCH3 is 1. The Bertz CT molecular complexity index is 761. The molecule has 0 spiro atoms. The van der Waals surface area contributed by atoms with E-state index in [1.54, 1.807) is 30.5 Å². The Morgan fingerprint density at radius 3 is 2.12 bits per heavy atom. The van der Waals surface area contributed by atoms with E-state index < -0.39 is 0 Å². The van der Waals surface area contributed by atoms with Gasteiger partial charge in [0, 0.05) is 0 Å². The highest BCUT2D eigenvalue weighted by atomic mass is 32.1. The average molecular weight is 373 g/mol. The monoisotopic (exact) mass is 373 g/mol. The second-order valence-electron chi connectivity index (χ2n) is 5.02. The lowest BCUT2D eigenvalue weighted by molar-refractivity contribution is 0.0600. The number of carbonyl (C=O) groups is 1. The van der Waals surface area contributed by atoms with Gasteiger partial charge in [-0.25, -0.2) is 4.79 Å². The van der Waals surface area contributed by atoms with Crippen LogP contribution in [0.4, 0.5) is 0 Å². The van der Waals surface area contributed by atoms with E-state index in [0.717, 1.165) is 5.56 Å². The van der Waals surface area contributed by atoms with Crippen molar-refractivity contribution in [2.45, 2.75) is 0 Å². The summed E-state index contributed by atoms with van der Waals surface area (Å²) in [5, 5.41) is 3.98. The molecule has 0 aliphatic rings. The molecule has 0 amide bonds. The van der Waals surface area contributed by atoms with Crippen LogP contribution < -0.4 is 20.6 Å². The Morgan fingerprint density at radius 2 is 1.62 bits per heavy atom. The number of nitrogens with two attached hydrogens (primary N) is 1. The second kappa shape index (κ2) is 10.00.